The molecule has 0 bridgehead atoms. The van der Waals surface area contributed by atoms with Crippen LogP contribution in [0.5, 0.6) is 0 Å². The van der Waals surface area contributed by atoms with Gasteiger partial charge in [-0.2, -0.15) is 0 Å². The molecule has 152 valence electrons. The lowest BCUT2D eigenvalue weighted by atomic mass is 9.97. The molecule has 0 radical (unpaired) electrons. The number of hydrogen-bond donors (Lipinski definition) is 2. The van der Waals surface area contributed by atoms with E-state index in [1.807, 2.05) is 31.2 Å². The monoisotopic (exact) mass is 385 g/mol. The molecule has 3 rings (SSSR count). The van der Waals surface area contributed by atoms with Crippen molar-refractivity contribution < 1.29 is 19.7 Å². The summed E-state index contributed by atoms with van der Waals surface area (Å²) in [6.07, 6.45) is 4.15. The van der Waals surface area contributed by atoms with Crippen molar-refractivity contribution in [2.45, 2.75) is 82.6 Å². The van der Waals surface area contributed by atoms with Crippen molar-refractivity contribution in [3.63, 3.8) is 0 Å². The molecule has 2 unspecified atom stereocenters. The molecule has 1 aromatic carbocycles. The van der Waals surface area contributed by atoms with Crippen molar-refractivity contribution in [1.29, 1.82) is 0 Å². The minimum Gasteiger partial charge on any atom is -0.446 e. The Kier molecular flexibility index (Phi) is 6.02. The Bertz CT molecular complexity index is 748. The minimum atomic E-state index is -0.846. The highest BCUT2D eigenvalue weighted by atomic mass is 16.6. The lowest BCUT2D eigenvalue weighted by Gasteiger charge is -2.37. The van der Waals surface area contributed by atoms with Gasteiger partial charge in [0.2, 0.25) is 0 Å². The molecule has 0 spiro atoms. The zero-order chi connectivity index (χ0) is 20.4. The fraction of sp³-hybridized carbons (Fsp3) is 0.609. The predicted molar refractivity (Wildman–Crippen MR) is 108 cm³/mol. The van der Waals surface area contributed by atoms with E-state index in [-0.39, 0.29) is 18.2 Å². The van der Waals surface area contributed by atoms with Crippen LogP contribution in [-0.4, -0.2) is 45.1 Å². The molecule has 5 heteroatoms. The van der Waals surface area contributed by atoms with Gasteiger partial charge in [0, 0.05) is 24.9 Å². The Hall–Kier alpha value is -2.03. The summed E-state index contributed by atoms with van der Waals surface area (Å²) < 4.78 is 5.52. The lowest BCUT2D eigenvalue weighted by Crippen LogP contribution is -2.45. The third-order valence-corrected chi connectivity index (χ3v) is 5.65. The maximum absolute atomic E-state index is 12.4. The van der Waals surface area contributed by atoms with E-state index in [0.717, 1.165) is 36.8 Å². The van der Waals surface area contributed by atoms with Crippen LogP contribution in [0.2, 0.25) is 0 Å². The molecule has 2 fully saturated rings. The molecule has 1 aliphatic carbocycles. The first-order valence-corrected chi connectivity index (χ1v) is 10.2. The number of ether oxygens (including phenoxy) is 1. The van der Waals surface area contributed by atoms with E-state index in [0.29, 0.717) is 19.4 Å². The third-order valence-electron chi connectivity index (χ3n) is 5.65. The number of carbonyl (C=O) groups is 1. The summed E-state index contributed by atoms with van der Waals surface area (Å²) in [4.78, 5) is 14.2. The Morgan fingerprint density at radius 3 is 2.50 bits per heavy atom. The number of nitrogens with zero attached hydrogens (tertiary/aromatic N) is 1. The van der Waals surface area contributed by atoms with E-state index in [2.05, 4.69) is 11.8 Å². The molecule has 5 nitrogen and oxygen atoms in total. The Balaban J connectivity index is 1.61. The molecule has 2 atom stereocenters. The first-order chi connectivity index (χ1) is 13.2. The Morgan fingerprint density at radius 1 is 1.29 bits per heavy atom. The molecule has 1 saturated heterocycles. The molecule has 1 aliphatic heterocycles. The van der Waals surface area contributed by atoms with Gasteiger partial charge in [-0.3, -0.25) is 0 Å². The highest BCUT2D eigenvalue weighted by Gasteiger charge is 2.33. The van der Waals surface area contributed by atoms with E-state index in [9.17, 15) is 15.0 Å². The quantitative estimate of drug-likeness (QED) is 0.774. The van der Waals surface area contributed by atoms with Crippen molar-refractivity contribution in [2.24, 2.45) is 0 Å². The highest BCUT2D eigenvalue weighted by molar-refractivity contribution is 5.69. The summed E-state index contributed by atoms with van der Waals surface area (Å²) in [5.74, 6) is 6.10. The number of amides is 1. The standard InChI is InChI=1S/C23H31NO4/c1-17(24-15-11-20(28-21(24)25)16-22(2,3)26)19-8-6-18(7-9-19)10-14-23(27)12-4-5-13-23/h6-9,17,20,26-27H,4-5,11-13,15-16H2,1-3H3. The minimum absolute atomic E-state index is 0.100. The van der Waals surface area contributed by atoms with Gasteiger partial charge in [-0.15, -0.1) is 0 Å². The average Bonchev–Trinajstić information content (AvgIpc) is 3.06. The molecular formula is C23H31NO4. The molecule has 0 aromatic heterocycles. The second kappa shape index (κ2) is 8.14. The average molecular weight is 386 g/mol. The van der Waals surface area contributed by atoms with Crippen molar-refractivity contribution in [1.82, 2.24) is 4.90 Å². The van der Waals surface area contributed by atoms with Gasteiger partial charge in [0.25, 0.3) is 0 Å². The number of benzene rings is 1. The van der Waals surface area contributed by atoms with Crippen LogP contribution in [-0.2, 0) is 4.74 Å². The summed E-state index contributed by atoms with van der Waals surface area (Å²) in [7, 11) is 0. The number of hydrogen-bond acceptors (Lipinski definition) is 4. The van der Waals surface area contributed by atoms with Crippen LogP contribution in [0.3, 0.4) is 0 Å². The van der Waals surface area contributed by atoms with Gasteiger partial charge in [0.1, 0.15) is 11.7 Å². The lowest BCUT2D eigenvalue weighted by molar-refractivity contribution is -0.0309. The first kappa shape index (κ1) is 20.7. The van der Waals surface area contributed by atoms with Crippen LogP contribution < -0.4 is 0 Å². The molecule has 1 saturated carbocycles. The second-order valence-electron chi connectivity index (χ2n) is 8.79. The number of rotatable bonds is 4. The van der Waals surface area contributed by atoms with Crippen LogP contribution in [0.25, 0.3) is 0 Å². The van der Waals surface area contributed by atoms with Crippen molar-refractivity contribution >= 4 is 6.09 Å². The fourth-order valence-corrected chi connectivity index (χ4v) is 3.99. The van der Waals surface area contributed by atoms with E-state index < -0.39 is 11.2 Å². The third kappa shape index (κ3) is 5.27. The van der Waals surface area contributed by atoms with Crippen molar-refractivity contribution in [3.05, 3.63) is 35.4 Å². The largest absolute Gasteiger partial charge is 0.446 e. The SMILES string of the molecule is CC(c1ccc(C#CC2(O)CCCC2)cc1)N1CCC(CC(C)(C)O)OC1=O. The maximum Gasteiger partial charge on any atom is 0.410 e. The van der Waals surface area contributed by atoms with E-state index in [1.165, 1.54) is 0 Å². The highest BCUT2D eigenvalue weighted by Crippen LogP contribution is 2.29. The van der Waals surface area contributed by atoms with Crippen molar-refractivity contribution in [2.75, 3.05) is 6.54 Å². The zero-order valence-electron chi connectivity index (χ0n) is 17.1. The van der Waals surface area contributed by atoms with E-state index in [1.54, 1.807) is 18.7 Å². The predicted octanol–water partition coefficient (Wildman–Crippen LogP) is 3.78. The summed E-state index contributed by atoms with van der Waals surface area (Å²) >= 11 is 0. The fourth-order valence-electron chi connectivity index (χ4n) is 3.99. The maximum atomic E-state index is 12.4. The van der Waals surface area contributed by atoms with Crippen LogP contribution in [0.1, 0.15) is 76.5 Å². The van der Waals surface area contributed by atoms with Gasteiger partial charge in [0.05, 0.1) is 11.6 Å². The molecular weight excluding hydrogens is 354 g/mol. The van der Waals surface area contributed by atoms with Crippen molar-refractivity contribution in [3.8, 4) is 11.8 Å². The van der Waals surface area contributed by atoms with Gasteiger partial charge in [0.15, 0.2) is 0 Å². The van der Waals surface area contributed by atoms with Gasteiger partial charge in [-0.25, -0.2) is 4.79 Å². The van der Waals surface area contributed by atoms with E-state index >= 15 is 0 Å². The number of carbonyl (C=O) groups excluding carboxylic acids is 1. The van der Waals surface area contributed by atoms with E-state index in [4.69, 9.17) is 4.74 Å². The van der Waals surface area contributed by atoms with Gasteiger partial charge < -0.3 is 19.8 Å². The molecule has 1 aromatic rings. The molecule has 28 heavy (non-hydrogen) atoms. The number of aliphatic hydroxyl groups is 2. The Labute approximate surface area is 167 Å². The topological polar surface area (TPSA) is 70.0 Å². The summed E-state index contributed by atoms with van der Waals surface area (Å²) in [6.45, 7) is 6.05. The van der Waals surface area contributed by atoms with Gasteiger partial charge in [-0.1, -0.05) is 24.0 Å². The van der Waals surface area contributed by atoms with Gasteiger partial charge in [-0.05, 0) is 64.2 Å². The summed E-state index contributed by atoms with van der Waals surface area (Å²) in [6, 6.07) is 7.72. The summed E-state index contributed by atoms with van der Waals surface area (Å²) in [5, 5.41) is 20.3. The van der Waals surface area contributed by atoms with Gasteiger partial charge >= 0.3 is 6.09 Å². The molecule has 1 heterocycles. The zero-order valence-corrected chi connectivity index (χ0v) is 17.1. The first-order valence-electron chi connectivity index (χ1n) is 10.2. The van der Waals surface area contributed by atoms with Crippen LogP contribution in [0.15, 0.2) is 24.3 Å². The van der Waals surface area contributed by atoms with Crippen LogP contribution in [0, 0.1) is 11.8 Å². The summed E-state index contributed by atoms with van der Waals surface area (Å²) in [5.41, 5.74) is 0.204. The number of cyclic esters (lactones) is 1. The molecule has 2 N–H and O–H groups in total. The molecule has 2 aliphatic rings. The van der Waals surface area contributed by atoms with Crippen LogP contribution in [0.4, 0.5) is 4.79 Å². The normalized spacial score (nSPS) is 23.0. The van der Waals surface area contributed by atoms with Crippen LogP contribution >= 0.6 is 0 Å². The Morgan fingerprint density at radius 2 is 1.93 bits per heavy atom. The molecule has 1 amide bonds. The smallest absolute Gasteiger partial charge is 0.410 e. The second-order valence-corrected chi connectivity index (χ2v) is 8.79.